The molecule has 8 nitrogen and oxygen atoms in total. The maximum absolute atomic E-state index is 14.7. The number of aliphatic hydroxyl groups excluding tert-OH is 1. The summed E-state index contributed by atoms with van der Waals surface area (Å²) in [6.45, 7) is 2.32. The molecule has 3 aliphatic heterocycles. The van der Waals surface area contributed by atoms with Crippen LogP contribution in [0.25, 0.3) is 11.3 Å². The highest BCUT2D eigenvalue weighted by Crippen LogP contribution is 2.34. The maximum Gasteiger partial charge on any atom is 0.256 e. The van der Waals surface area contributed by atoms with Crippen LogP contribution >= 0.6 is 0 Å². The number of likely N-dealkylation sites (N-methyl/N-ethyl adjacent to an activating group) is 1. The van der Waals surface area contributed by atoms with Crippen LogP contribution in [0.3, 0.4) is 0 Å². The van der Waals surface area contributed by atoms with Crippen LogP contribution in [0.15, 0.2) is 24.4 Å². The van der Waals surface area contributed by atoms with Gasteiger partial charge in [0.2, 0.25) is 5.95 Å². The smallest absolute Gasteiger partial charge is 0.256 e. The lowest BCUT2D eigenvalue weighted by molar-refractivity contribution is -0.0136. The van der Waals surface area contributed by atoms with Gasteiger partial charge in [-0.3, -0.25) is 4.79 Å². The minimum atomic E-state index is -0.674. The first-order valence-electron chi connectivity index (χ1n) is 10.7. The molecule has 2 N–H and O–H groups in total. The van der Waals surface area contributed by atoms with Crippen LogP contribution in [-0.2, 0) is 4.74 Å². The van der Waals surface area contributed by atoms with Gasteiger partial charge in [-0.25, -0.2) is 14.4 Å². The Kier molecular flexibility index (Phi) is 5.23. The molecular weight excluding hydrogens is 401 g/mol. The van der Waals surface area contributed by atoms with E-state index in [4.69, 9.17) is 4.74 Å². The van der Waals surface area contributed by atoms with Gasteiger partial charge in [0.05, 0.1) is 36.2 Å². The lowest BCUT2D eigenvalue weighted by Crippen LogP contribution is -2.42. The van der Waals surface area contributed by atoms with E-state index in [9.17, 15) is 14.3 Å². The molecular formula is C22H26FN5O3. The Morgan fingerprint density at radius 1 is 1.32 bits per heavy atom. The number of nitrogens with zero attached hydrogens (tertiary/aromatic N) is 4. The fraction of sp³-hybridized carbons (Fsp3) is 0.500. The van der Waals surface area contributed by atoms with Gasteiger partial charge in [-0.1, -0.05) is 6.07 Å². The number of carbonyl (C=O) groups excluding carboxylic acids is 1. The molecule has 1 amide bonds. The van der Waals surface area contributed by atoms with Crippen LogP contribution in [0, 0.1) is 5.82 Å². The average Bonchev–Trinajstić information content (AvgIpc) is 3.20. The topological polar surface area (TPSA) is 90.8 Å². The second kappa shape index (κ2) is 8.05. The van der Waals surface area contributed by atoms with Crippen molar-refractivity contribution < 1.29 is 19.0 Å². The first-order valence-corrected chi connectivity index (χ1v) is 10.7. The predicted molar refractivity (Wildman–Crippen MR) is 114 cm³/mol. The number of aliphatic hydroxyl groups is 1. The molecule has 5 rings (SSSR count). The first kappa shape index (κ1) is 20.1. The van der Waals surface area contributed by atoms with Crippen molar-refractivity contribution >= 4 is 17.5 Å². The van der Waals surface area contributed by atoms with E-state index in [1.54, 1.807) is 12.1 Å². The number of amides is 1. The third-order valence-corrected chi connectivity index (χ3v) is 6.42. The molecule has 2 aromatic rings. The fourth-order valence-corrected chi connectivity index (χ4v) is 4.73. The number of anilines is 2. The minimum Gasteiger partial charge on any atom is -0.389 e. The average molecular weight is 427 g/mol. The summed E-state index contributed by atoms with van der Waals surface area (Å²) >= 11 is 0. The number of aromatic nitrogens is 2. The number of ether oxygens (including phenoxy) is 1. The molecule has 0 saturated carbocycles. The molecule has 1 aromatic carbocycles. The van der Waals surface area contributed by atoms with Gasteiger partial charge < -0.3 is 25.0 Å². The fourth-order valence-electron chi connectivity index (χ4n) is 4.73. The third-order valence-electron chi connectivity index (χ3n) is 6.42. The molecule has 0 bridgehead atoms. The molecule has 0 radical (unpaired) electrons. The molecule has 9 heteroatoms. The zero-order valence-electron chi connectivity index (χ0n) is 17.4. The Morgan fingerprint density at radius 2 is 2.19 bits per heavy atom. The van der Waals surface area contributed by atoms with Crippen molar-refractivity contribution in [3.05, 3.63) is 35.8 Å². The molecule has 2 fully saturated rings. The van der Waals surface area contributed by atoms with Gasteiger partial charge in [-0.15, -0.1) is 0 Å². The Bertz CT molecular complexity index is 1000. The van der Waals surface area contributed by atoms with Gasteiger partial charge in [0.1, 0.15) is 5.69 Å². The highest BCUT2D eigenvalue weighted by atomic mass is 19.1. The van der Waals surface area contributed by atoms with Crippen molar-refractivity contribution in [3.8, 4) is 11.3 Å². The van der Waals surface area contributed by atoms with Crippen LogP contribution < -0.4 is 10.2 Å². The molecule has 164 valence electrons. The zero-order chi connectivity index (χ0) is 21.5. The summed E-state index contributed by atoms with van der Waals surface area (Å²) in [7, 11) is 1.97. The molecule has 1 aromatic heterocycles. The maximum atomic E-state index is 14.7. The Hall–Kier alpha value is -2.78. The lowest BCUT2D eigenvalue weighted by atomic mass is 10.0. The van der Waals surface area contributed by atoms with Crippen molar-refractivity contribution in [1.29, 1.82) is 0 Å². The summed E-state index contributed by atoms with van der Waals surface area (Å²) in [6, 6.07) is 5.29. The Labute approximate surface area is 180 Å². The van der Waals surface area contributed by atoms with E-state index in [-0.39, 0.29) is 36.2 Å². The molecule has 2 saturated heterocycles. The third kappa shape index (κ3) is 3.72. The number of rotatable bonds is 3. The molecule has 3 atom stereocenters. The summed E-state index contributed by atoms with van der Waals surface area (Å²) in [5, 5.41) is 13.2. The minimum absolute atomic E-state index is 0.0346. The van der Waals surface area contributed by atoms with E-state index in [0.717, 1.165) is 37.8 Å². The van der Waals surface area contributed by atoms with Crippen molar-refractivity contribution in [2.45, 2.75) is 37.5 Å². The monoisotopic (exact) mass is 427 g/mol. The van der Waals surface area contributed by atoms with Crippen molar-refractivity contribution in [1.82, 2.24) is 14.9 Å². The van der Waals surface area contributed by atoms with Gasteiger partial charge >= 0.3 is 0 Å². The van der Waals surface area contributed by atoms with Crippen LogP contribution in [0.2, 0.25) is 0 Å². The van der Waals surface area contributed by atoms with Gasteiger partial charge in [-0.05, 0) is 31.4 Å². The number of hydrogen-bond acceptors (Lipinski definition) is 7. The van der Waals surface area contributed by atoms with Crippen LogP contribution in [0.4, 0.5) is 16.0 Å². The molecule has 0 aliphatic carbocycles. The highest BCUT2D eigenvalue weighted by molar-refractivity contribution is 6.01. The van der Waals surface area contributed by atoms with Crippen molar-refractivity contribution in [2.75, 3.05) is 43.6 Å². The second-order valence-electron chi connectivity index (χ2n) is 8.48. The van der Waals surface area contributed by atoms with E-state index in [1.165, 1.54) is 0 Å². The molecule has 3 aliphatic rings. The van der Waals surface area contributed by atoms with Gasteiger partial charge in [0, 0.05) is 38.3 Å². The SMILES string of the molecule is CN1CC2CCCN2C(=O)c2ccc(-c3nc(N[C@@H]4CCOC[C@H]4O)ncc3F)cc21. The van der Waals surface area contributed by atoms with E-state index in [1.807, 2.05) is 18.0 Å². The number of hydrogen-bond donors (Lipinski definition) is 2. The second-order valence-corrected chi connectivity index (χ2v) is 8.48. The summed E-state index contributed by atoms with van der Waals surface area (Å²) in [4.78, 5) is 25.5. The lowest BCUT2D eigenvalue weighted by Gasteiger charge is -2.28. The predicted octanol–water partition coefficient (Wildman–Crippen LogP) is 1.90. The summed E-state index contributed by atoms with van der Waals surface area (Å²) < 4.78 is 19.9. The number of halogens is 1. The van der Waals surface area contributed by atoms with E-state index >= 15 is 0 Å². The molecule has 0 spiro atoms. The summed E-state index contributed by atoms with van der Waals surface area (Å²) in [5.74, 6) is -0.254. The van der Waals surface area contributed by atoms with Crippen molar-refractivity contribution in [2.24, 2.45) is 0 Å². The van der Waals surface area contributed by atoms with Crippen LogP contribution in [0.1, 0.15) is 29.6 Å². The normalized spacial score (nSPS) is 25.8. The highest BCUT2D eigenvalue weighted by Gasteiger charge is 2.35. The van der Waals surface area contributed by atoms with E-state index < -0.39 is 11.9 Å². The molecule has 1 unspecified atom stereocenters. The number of fused-ring (bicyclic) bond motifs is 2. The summed E-state index contributed by atoms with van der Waals surface area (Å²) in [6.07, 6.45) is 3.10. The Balaban J connectivity index is 1.47. The number of benzene rings is 1. The van der Waals surface area contributed by atoms with Crippen LogP contribution in [0.5, 0.6) is 0 Å². The Morgan fingerprint density at radius 3 is 3.03 bits per heavy atom. The largest absolute Gasteiger partial charge is 0.389 e. The van der Waals surface area contributed by atoms with Gasteiger partial charge in [0.25, 0.3) is 5.91 Å². The quantitative estimate of drug-likeness (QED) is 0.773. The van der Waals surface area contributed by atoms with E-state index in [0.29, 0.717) is 24.2 Å². The number of nitrogens with one attached hydrogen (secondary N) is 1. The van der Waals surface area contributed by atoms with Gasteiger partial charge in [0.15, 0.2) is 5.82 Å². The van der Waals surface area contributed by atoms with Crippen molar-refractivity contribution in [3.63, 3.8) is 0 Å². The molecule has 4 heterocycles. The first-order chi connectivity index (χ1) is 15.0. The molecule has 31 heavy (non-hydrogen) atoms. The number of carbonyl (C=O) groups is 1. The van der Waals surface area contributed by atoms with E-state index in [2.05, 4.69) is 20.2 Å². The van der Waals surface area contributed by atoms with Crippen LogP contribution in [-0.4, -0.2) is 77.4 Å². The standard InChI is InChI=1S/C22H26FN5O3/c1-27-11-14-3-2-7-28(14)21(30)15-5-4-13(9-18(15)27)20-16(23)10-24-22(26-20)25-17-6-8-31-12-19(17)29/h4-5,9-10,14,17,19,29H,2-3,6-8,11-12H2,1H3,(H,24,25,26)/t14?,17-,19-/m1/s1. The summed E-state index contributed by atoms with van der Waals surface area (Å²) in [5.41, 5.74) is 2.15. The van der Waals surface area contributed by atoms with Gasteiger partial charge in [-0.2, -0.15) is 0 Å². The zero-order valence-corrected chi connectivity index (χ0v) is 17.4.